The molecular formula is C13H17N3. The van der Waals surface area contributed by atoms with E-state index in [1.807, 2.05) is 0 Å². The predicted molar refractivity (Wildman–Crippen MR) is 64.8 cm³/mol. The van der Waals surface area contributed by atoms with Crippen LogP contribution in [0.4, 0.5) is 0 Å². The van der Waals surface area contributed by atoms with Crippen molar-refractivity contribution in [2.75, 3.05) is 20.1 Å². The van der Waals surface area contributed by atoms with Crippen LogP contribution in [-0.2, 0) is 0 Å². The molecule has 3 heteroatoms. The van der Waals surface area contributed by atoms with E-state index >= 15 is 0 Å². The Morgan fingerprint density at radius 2 is 2.31 bits per heavy atom. The van der Waals surface area contributed by atoms with Crippen LogP contribution < -0.4 is 0 Å². The van der Waals surface area contributed by atoms with Gasteiger partial charge in [0, 0.05) is 24.9 Å². The summed E-state index contributed by atoms with van der Waals surface area (Å²) in [7, 11) is 2.18. The number of likely N-dealkylation sites (N-methyl/N-ethyl adjacent to an activating group) is 1. The summed E-state index contributed by atoms with van der Waals surface area (Å²) in [5, 5.41) is 0. The smallest absolute Gasteiger partial charge is 0.139 e. The molecule has 0 radical (unpaired) electrons. The van der Waals surface area contributed by atoms with E-state index in [-0.39, 0.29) is 0 Å². The molecule has 0 N–H and O–H groups in total. The Morgan fingerprint density at radius 1 is 1.44 bits per heavy atom. The summed E-state index contributed by atoms with van der Waals surface area (Å²) < 4.78 is 2.14. The molecule has 1 atom stereocenters. The van der Waals surface area contributed by atoms with Crippen molar-refractivity contribution in [1.82, 2.24) is 14.3 Å². The van der Waals surface area contributed by atoms with Crippen LogP contribution in [0.2, 0.25) is 0 Å². The van der Waals surface area contributed by atoms with Gasteiger partial charge in [-0.05, 0) is 38.6 Å². The zero-order valence-electron chi connectivity index (χ0n) is 9.85. The number of likely N-dealkylation sites (tertiary alicyclic amines) is 1. The molecule has 0 aromatic carbocycles. The summed E-state index contributed by atoms with van der Waals surface area (Å²) in [4.78, 5) is 7.14. The van der Waals surface area contributed by atoms with Gasteiger partial charge >= 0.3 is 0 Å². The van der Waals surface area contributed by atoms with Crippen molar-refractivity contribution in [3.63, 3.8) is 0 Å². The second kappa shape index (κ2) is 3.59. The van der Waals surface area contributed by atoms with E-state index in [2.05, 4.69) is 47.8 Å². The maximum atomic E-state index is 4.76. The molecule has 3 heterocycles. The first kappa shape index (κ1) is 9.85. The van der Waals surface area contributed by atoms with Crippen LogP contribution in [0.5, 0.6) is 0 Å². The molecule has 1 aliphatic heterocycles. The monoisotopic (exact) mass is 215 g/mol. The molecule has 0 bridgehead atoms. The molecule has 3 rings (SSSR count). The second-order valence-electron chi connectivity index (χ2n) is 4.84. The van der Waals surface area contributed by atoms with Crippen LogP contribution >= 0.6 is 0 Å². The van der Waals surface area contributed by atoms with Gasteiger partial charge in [-0.1, -0.05) is 6.07 Å². The first-order valence-electron chi connectivity index (χ1n) is 5.87. The van der Waals surface area contributed by atoms with Crippen LogP contribution in [0.25, 0.3) is 5.65 Å². The number of aryl methyl sites for hydroxylation is 1. The standard InChI is InChI=1S/C13H17N3/c1-10-4-3-6-16-9-12(14-13(10)16)11-5-7-15(2)8-11/h3-4,6,9,11H,5,7-8H2,1-2H3. The zero-order chi connectivity index (χ0) is 11.1. The van der Waals surface area contributed by atoms with Crippen LogP contribution in [0.3, 0.4) is 0 Å². The van der Waals surface area contributed by atoms with Gasteiger partial charge in [0.25, 0.3) is 0 Å². The Labute approximate surface area is 95.7 Å². The molecule has 0 saturated carbocycles. The third-order valence-electron chi connectivity index (χ3n) is 3.51. The minimum atomic E-state index is 0.615. The maximum absolute atomic E-state index is 4.76. The summed E-state index contributed by atoms with van der Waals surface area (Å²) in [5.41, 5.74) is 3.60. The van der Waals surface area contributed by atoms with Gasteiger partial charge in [0.2, 0.25) is 0 Å². The first-order valence-corrected chi connectivity index (χ1v) is 5.87. The Morgan fingerprint density at radius 3 is 3.00 bits per heavy atom. The highest BCUT2D eigenvalue weighted by molar-refractivity contribution is 5.48. The molecule has 1 saturated heterocycles. The van der Waals surface area contributed by atoms with Gasteiger partial charge in [0.15, 0.2) is 0 Å². The van der Waals surface area contributed by atoms with E-state index in [1.165, 1.54) is 24.2 Å². The molecular weight excluding hydrogens is 198 g/mol. The number of aromatic nitrogens is 2. The van der Waals surface area contributed by atoms with E-state index in [1.54, 1.807) is 0 Å². The van der Waals surface area contributed by atoms with Crippen LogP contribution in [0.1, 0.15) is 23.6 Å². The topological polar surface area (TPSA) is 20.5 Å². The van der Waals surface area contributed by atoms with Crippen molar-refractivity contribution < 1.29 is 0 Å². The summed E-state index contributed by atoms with van der Waals surface area (Å²) in [6.07, 6.45) is 5.50. The fraction of sp³-hybridized carbons (Fsp3) is 0.462. The number of pyridine rings is 1. The van der Waals surface area contributed by atoms with E-state index < -0.39 is 0 Å². The molecule has 0 spiro atoms. The Balaban J connectivity index is 2.02. The molecule has 84 valence electrons. The Kier molecular flexibility index (Phi) is 2.21. The van der Waals surface area contributed by atoms with Crippen molar-refractivity contribution in [2.24, 2.45) is 0 Å². The quantitative estimate of drug-likeness (QED) is 0.726. The molecule has 3 nitrogen and oxygen atoms in total. The number of hydrogen-bond acceptors (Lipinski definition) is 2. The number of rotatable bonds is 1. The van der Waals surface area contributed by atoms with Crippen LogP contribution in [0, 0.1) is 6.92 Å². The van der Waals surface area contributed by atoms with Gasteiger partial charge in [-0.2, -0.15) is 0 Å². The number of nitrogens with zero attached hydrogens (tertiary/aromatic N) is 3. The molecule has 1 aliphatic rings. The van der Waals surface area contributed by atoms with Gasteiger partial charge < -0.3 is 9.30 Å². The third kappa shape index (κ3) is 1.52. The average molecular weight is 215 g/mol. The lowest BCUT2D eigenvalue weighted by Crippen LogP contribution is -2.13. The van der Waals surface area contributed by atoms with Crippen molar-refractivity contribution in [3.8, 4) is 0 Å². The first-order chi connectivity index (χ1) is 7.74. The average Bonchev–Trinajstić information content (AvgIpc) is 2.84. The molecule has 16 heavy (non-hydrogen) atoms. The van der Waals surface area contributed by atoms with E-state index in [4.69, 9.17) is 4.98 Å². The minimum absolute atomic E-state index is 0.615. The molecule has 2 aromatic heterocycles. The van der Waals surface area contributed by atoms with Gasteiger partial charge in [0.1, 0.15) is 5.65 Å². The Bertz CT molecular complexity index is 515. The summed E-state index contributed by atoms with van der Waals surface area (Å²) >= 11 is 0. The predicted octanol–water partition coefficient (Wildman–Crippen LogP) is 2.06. The molecule has 2 aromatic rings. The van der Waals surface area contributed by atoms with Crippen molar-refractivity contribution in [3.05, 3.63) is 35.8 Å². The molecule has 0 aliphatic carbocycles. The highest BCUT2D eigenvalue weighted by Gasteiger charge is 2.23. The van der Waals surface area contributed by atoms with E-state index in [9.17, 15) is 0 Å². The lowest BCUT2D eigenvalue weighted by atomic mass is 10.1. The van der Waals surface area contributed by atoms with E-state index in [0.29, 0.717) is 5.92 Å². The van der Waals surface area contributed by atoms with Gasteiger partial charge in [-0.3, -0.25) is 0 Å². The number of hydrogen-bond donors (Lipinski definition) is 0. The zero-order valence-corrected chi connectivity index (χ0v) is 9.85. The van der Waals surface area contributed by atoms with E-state index in [0.717, 1.165) is 12.2 Å². The number of imidazole rings is 1. The summed E-state index contributed by atoms with van der Waals surface area (Å²) in [5.74, 6) is 0.615. The van der Waals surface area contributed by atoms with Gasteiger partial charge in [0.05, 0.1) is 5.69 Å². The lowest BCUT2D eigenvalue weighted by molar-refractivity contribution is 0.411. The van der Waals surface area contributed by atoms with Gasteiger partial charge in [-0.15, -0.1) is 0 Å². The largest absolute Gasteiger partial charge is 0.307 e. The second-order valence-corrected chi connectivity index (χ2v) is 4.84. The minimum Gasteiger partial charge on any atom is -0.307 e. The molecule has 1 fully saturated rings. The SMILES string of the molecule is Cc1cccn2cc(C3CCN(C)C3)nc12. The fourth-order valence-corrected chi connectivity index (χ4v) is 2.55. The summed E-state index contributed by atoms with van der Waals surface area (Å²) in [6.45, 7) is 4.45. The lowest BCUT2D eigenvalue weighted by Gasteiger charge is -2.06. The highest BCUT2D eigenvalue weighted by atomic mass is 15.1. The fourth-order valence-electron chi connectivity index (χ4n) is 2.55. The van der Waals surface area contributed by atoms with Crippen LogP contribution in [0.15, 0.2) is 24.5 Å². The van der Waals surface area contributed by atoms with Gasteiger partial charge in [-0.25, -0.2) is 4.98 Å². The number of fused-ring (bicyclic) bond motifs is 1. The van der Waals surface area contributed by atoms with Crippen molar-refractivity contribution in [2.45, 2.75) is 19.3 Å². The van der Waals surface area contributed by atoms with Crippen molar-refractivity contribution >= 4 is 5.65 Å². The molecule has 1 unspecified atom stereocenters. The summed E-state index contributed by atoms with van der Waals surface area (Å²) in [6, 6.07) is 4.20. The normalized spacial score (nSPS) is 22.0. The highest BCUT2D eigenvalue weighted by Crippen LogP contribution is 2.26. The molecule has 0 amide bonds. The van der Waals surface area contributed by atoms with Crippen LogP contribution in [-0.4, -0.2) is 34.4 Å². The Hall–Kier alpha value is -1.35. The third-order valence-corrected chi connectivity index (χ3v) is 3.51. The van der Waals surface area contributed by atoms with Crippen molar-refractivity contribution in [1.29, 1.82) is 0 Å². The maximum Gasteiger partial charge on any atom is 0.139 e.